The van der Waals surface area contributed by atoms with E-state index in [0.717, 1.165) is 30.7 Å². The summed E-state index contributed by atoms with van der Waals surface area (Å²) in [7, 11) is 0. The molecule has 1 fully saturated rings. The summed E-state index contributed by atoms with van der Waals surface area (Å²) in [6.07, 6.45) is 6.91. The largest absolute Gasteiger partial charge is 0.361 e. The second-order valence-corrected chi connectivity index (χ2v) is 9.56. The second kappa shape index (κ2) is 8.24. The van der Waals surface area contributed by atoms with Crippen molar-refractivity contribution in [1.82, 2.24) is 20.8 Å². The fourth-order valence-electron chi connectivity index (χ4n) is 5.20. The van der Waals surface area contributed by atoms with Crippen molar-refractivity contribution in [1.29, 1.82) is 0 Å². The van der Waals surface area contributed by atoms with Crippen molar-refractivity contribution in [2.75, 3.05) is 5.32 Å². The Morgan fingerprint density at radius 3 is 2.93 bits per heavy atom. The number of H-pyrrole nitrogens is 1. The van der Waals surface area contributed by atoms with Gasteiger partial charge >= 0.3 is 0 Å². The second-order valence-electron chi connectivity index (χ2n) is 9.56. The third-order valence-corrected chi connectivity index (χ3v) is 6.54. The number of hydrogen-bond donors (Lipinski definition) is 3. The molecule has 8 heteroatoms. The number of amides is 1. The molecule has 3 N–H and O–H groups in total. The molecule has 2 aromatic heterocycles. The normalized spacial score (nSPS) is 28.2. The van der Waals surface area contributed by atoms with Crippen LogP contribution >= 0.6 is 0 Å². The van der Waals surface area contributed by atoms with E-state index in [1.54, 1.807) is 6.07 Å². The third-order valence-electron chi connectivity index (χ3n) is 6.54. The molecule has 0 spiro atoms. The zero-order valence-electron chi connectivity index (χ0n) is 18.2. The van der Waals surface area contributed by atoms with Gasteiger partial charge in [0.25, 0.3) is 0 Å². The molecule has 30 heavy (non-hydrogen) atoms. The number of rotatable bonds is 7. The Hall–Kier alpha value is -2.64. The van der Waals surface area contributed by atoms with Crippen molar-refractivity contribution < 1.29 is 9.32 Å². The van der Waals surface area contributed by atoms with E-state index in [2.05, 4.69) is 58.2 Å². The maximum atomic E-state index is 12.2. The quantitative estimate of drug-likeness (QED) is 0.641. The van der Waals surface area contributed by atoms with Gasteiger partial charge in [0.05, 0.1) is 18.2 Å². The Morgan fingerprint density at radius 1 is 1.37 bits per heavy atom. The van der Waals surface area contributed by atoms with Crippen LogP contribution in [0.4, 0.5) is 5.82 Å². The molecular formula is C22H32N6O2. The Balaban J connectivity index is 1.31. The monoisotopic (exact) mass is 412 g/mol. The van der Waals surface area contributed by atoms with Crippen LogP contribution < -0.4 is 10.7 Å². The number of nitrogens with one attached hydrogen (secondary N) is 3. The molecule has 3 heterocycles. The molecule has 0 aromatic carbocycles. The number of aryl methyl sites for hydroxylation is 1. The Kier molecular flexibility index (Phi) is 5.66. The molecular weight excluding hydrogens is 380 g/mol. The van der Waals surface area contributed by atoms with Crippen LogP contribution in [0.15, 0.2) is 21.8 Å². The minimum absolute atomic E-state index is 0.111. The first-order valence-corrected chi connectivity index (χ1v) is 10.9. The summed E-state index contributed by atoms with van der Waals surface area (Å²) < 4.78 is 5.10. The van der Waals surface area contributed by atoms with E-state index < -0.39 is 0 Å². The molecule has 4 rings (SSSR count). The van der Waals surface area contributed by atoms with Crippen molar-refractivity contribution >= 4 is 17.9 Å². The molecule has 162 valence electrons. The topological polar surface area (TPSA) is 108 Å². The van der Waals surface area contributed by atoms with Crippen molar-refractivity contribution in [2.24, 2.45) is 22.4 Å². The van der Waals surface area contributed by atoms with Crippen LogP contribution in [0.25, 0.3) is 0 Å². The highest BCUT2D eigenvalue weighted by Crippen LogP contribution is 2.45. The SMILES string of the molecule is Cc1cc(CC(=O)Nc2cc([C@@H]3CC[C@H](CC4(C)C=NNC4C(C)C)C3)[nH]n2)on1. The maximum Gasteiger partial charge on any atom is 0.233 e. The van der Waals surface area contributed by atoms with E-state index in [1.165, 1.54) is 6.42 Å². The van der Waals surface area contributed by atoms with Crippen LogP contribution in [0.2, 0.25) is 0 Å². The van der Waals surface area contributed by atoms with Gasteiger partial charge in [-0.05, 0) is 44.4 Å². The van der Waals surface area contributed by atoms with Gasteiger partial charge < -0.3 is 15.3 Å². The molecule has 1 amide bonds. The van der Waals surface area contributed by atoms with Gasteiger partial charge in [-0.15, -0.1) is 0 Å². The minimum atomic E-state index is -0.158. The van der Waals surface area contributed by atoms with Crippen molar-refractivity contribution in [3.05, 3.63) is 29.3 Å². The third kappa shape index (κ3) is 4.42. The van der Waals surface area contributed by atoms with Crippen LogP contribution in [0.1, 0.15) is 69.5 Å². The summed E-state index contributed by atoms with van der Waals surface area (Å²) in [4.78, 5) is 12.2. The molecule has 4 atom stereocenters. The predicted molar refractivity (Wildman–Crippen MR) is 115 cm³/mol. The van der Waals surface area contributed by atoms with Crippen LogP contribution in [0.5, 0.6) is 0 Å². The number of nitrogens with zero attached hydrogens (tertiary/aromatic N) is 3. The average Bonchev–Trinajstić information content (AvgIpc) is 3.44. The predicted octanol–water partition coefficient (Wildman–Crippen LogP) is 3.78. The summed E-state index contributed by atoms with van der Waals surface area (Å²) in [5, 5.41) is 18.5. The zero-order valence-corrected chi connectivity index (χ0v) is 18.2. The first-order chi connectivity index (χ1) is 14.3. The molecule has 2 aliphatic rings. The number of aromatic nitrogens is 3. The molecule has 0 bridgehead atoms. The Morgan fingerprint density at radius 2 is 2.20 bits per heavy atom. The van der Waals surface area contributed by atoms with Crippen molar-refractivity contribution in [3.8, 4) is 0 Å². The average molecular weight is 413 g/mol. The summed E-state index contributed by atoms with van der Waals surface area (Å²) in [6.45, 7) is 8.67. The van der Waals surface area contributed by atoms with Gasteiger partial charge in [-0.3, -0.25) is 9.89 Å². The van der Waals surface area contributed by atoms with Gasteiger partial charge in [0.15, 0.2) is 5.82 Å². The highest BCUT2D eigenvalue weighted by molar-refractivity contribution is 5.91. The number of anilines is 1. The van der Waals surface area contributed by atoms with Crippen LogP contribution in [-0.4, -0.2) is 33.5 Å². The standard InChI is InChI=1S/C22H32N6O2/c1-13(2)21-22(4,12-23-27-21)11-15-5-6-16(8-15)18-10-19(26-25-18)24-20(29)9-17-7-14(3)28-30-17/h7,10,12-13,15-16,21,27H,5-6,8-9,11H2,1-4H3,(H2,24,25,26,29)/t15-,16+,21?,22?/m0/s1. The Labute approximate surface area is 177 Å². The molecule has 2 unspecified atom stereocenters. The van der Waals surface area contributed by atoms with Crippen molar-refractivity contribution in [3.63, 3.8) is 0 Å². The molecule has 8 nitrogen and oxygen atoms in total. The summed E-state index contributed by atoms with van der Waals surface area (Å²) in [5.74, 6) is 2.64. The lowest BCUT2D eigenvalue weighted by Gasteiger charge is -2.34. The number of carbonyl (C=O) groups is 1. The summed E-state index contributed by atoms with van der Waals surface area (Å²) in [6, 6.07) is 4.13. The van der Waals surface area contributed by atoms with Gasteiger partial charge in [-0.1, -0.05) is 25.9 Å². The lowest BCUT2D eigenvalue weighted by molar-refractivity contribution is -0.115. The van der Waals surface area contributed by atoms with Gasteiger partial charge in [-0.2, -0.15) is 10.2 Å². The summed E-state index contributed by atoms with van der Waals surface area (Å²) in [5.41, 5.74) is 5.29. The first-order valence-electron chi connectivity index (χ1n) is 10.9. The number of aromatic amines is 1. The molecule has 1 aliphatic heterocycles. The van der Waals surface area contributed by atoms with E-state index >= 15 is 0 Å². The van der Waals surface area contributed by atoms with E-state index in [9.17, 15) is 4.79 Å². The van der Waals surface area contributed by atoms with E-state index in [-0.39, 0.29) is 17.7 Å². The molecule has 0 radical (unpaired) electrons. The highest BCUT2D eigenvalue weighted by Gasteiger charge is 2.41. The van der Waals surface area contributed by atoms with E-state index in [1.807, 2.05) is 13.0 Å². The van der Waals surface area contributed by atoms with Gasteiger partial charge in [0.1, 0.15) is 5.76 Å². The fourth-order valence-corrected chi connectivity index (χ4v) is 5.20. The van der Waals surface area contributed by atoms with Crippen LogP contribution in [-0.2, 0) is 11.2 Å². The number of hydrazone groups is 1. The molecule has 1 saturated carbocycles. The van der Waals surface area contributed by atoms with Gasteiger partial charge in [0.2, 0.25) is 5.91 Å². The van der Waals surface area contributed by atoms with Crippen molar-refractivity contribution in [2.45, 2.75) is 71.8 Å². The van der Waals surface area contributed by atoms with E-state index in [4.69, 9.17) is 4.52 Å². The van der Waals surface area contributed by atoms with Gasteiger partial charge in [0, 0.05) is 35.4 Å². The lowest BCUT2D eigenvalue weighted by Crippen LogP contribution is -2.41. The zero-order chi connectivity index (χ0) is 21.3. The van der Waals surface area contributed by atoms with Crippen LogP contribution in [0, 0.1) is 24.2 Å². The van der Waals surface area contributed by atoms with Crippen LogP contribution in [0.3, 0.4) is 0 Å². The van der Waals surface area contributed by atoms with E-state index in [0.29, 0.717) is 35.4 Å². The molecule has 0 saturated heterocycles. The lowest BCUT2D eigenvalue weighted by atomic mass is 9.72. The van der Waals surface area contributed by atoms with Gasteiger partial charge in [-0.25, -0.2) is 0 Å². The molecule has 2 aromatic rings. The summed E-state index contributed by atoms with van der Waals surface area (Å²) >= 11 is 0. The fraction of sp³-hybridized carbons (Fsp3) is 0.636. The number of hydrogen-bond acceptors (Lipinski definition) is 6. The number of carbonyl (C=O) groups excluding carboxylic acids is 1. The first kappa shape index (κ1) is 20.6. The smallest absolute Gasteiger partial charge is 0.233 e. The maximum absolute atomic E-state index is 12.2. The molecule has 1 aliphatic carbocycles. The highest BCUT2D eigenvalue weighted by atomic mass is 16.5. The minimum Gasteiger partial charge on any atom is -0.361 e. The Bertz CT molecular complexity index is 916.